The minimum absolute atomic E-state index is 0.1000. The van der Waals surface area contributed by atoms with Gasteiger partial charge >= 0.3 is 6.03 Å². The smallest absolute Gasteiger partial charge is 0.317 e. The molecule has 22 heavy (non-hydrogen) atoms. The van der Waals surface area contributed by atoms with Gasteiger partial charge in [0, 0.05) is 6.54 Å². The van der Waals surface area contributed by atoms with Crippen molar-refractivity contribution in [1.82, 2.24) is 15.2 Å². The van der Waals surface area contributed by atoms with Gasteiger partial charge in [-0.05, 0) is 25.3 Å². The molecule has 2 aromatic rings. The number of nitrogens with one attached hydrogen (secondary N) is 1. The van der Waals surface area contributed by atoms with Gasteiger partial charge in [0.05, 0.1) is 35.9 Å². The first-order valence-electron chi connectivity index (χ1n) is 7.18. The van der Waals surface area contributed by atoms with Crippen LogP contribution in [0.3, 0.4) is 0 Å². The third-order valence-electron chi connectivity index (χ3n) is 3.42. The number of carbonyl (C=O) groups is 1. The normalized spacial score (nSPS) is 17.5. The summed E-state index contributed by atoms with van der Waals surface area (Å²) in [5.41, 5.74) is 0.416. The van der Waals surface area contributed by atoms with Crippen molar-refractivity contribution in [2.75, 3.05) is 19.7 Å². The van der Waals surface area contributed by atoms with Crippen LogP contribution < -0.4 is 5.32 Å². The largest absolute Gasteiger partial charge is 0.443 e. The van der Waals surface area contributed by atoms with Crippen LogP contribution in [0.2, 0.25) is 0 Å². The van der Waals surface area contributed by atoms with Crippen LogP contribution in [0.1, 0.15) is 19.5 Å². The van der Waals surface area contributed by atoms with Crippen molar-refractivity contribution in [1.29, 1.82) is 0 Å². The van der Waals surface area contributed by atoms with Crippen LogP contribution in [0.25, 0.3) is 10.8 Å². The Balaban J connectivity index is 1.55. The number of aromatic nitrogens is 1. The van der Waals surface area contributed by atoms with Crippen LogP contribution in [0, 0.1) is 0 Å². The van der Waals surface area contributed by atoms with E-state index in [2.05, 4.69) is 10.3 Å². The molecule has 0 saturated carbocycles. The van der Waals surface area contributed by atoms with E-state index in [0.717, 1.165) is 4.88 Å². The van der Waals surface area contributed by atoms with Crippen molar-refractivity contribution in [3.63, 3.8) is 0 Å². The fourth-order valence-corrected chi connectivity index (χ4v) is 3.02. The molecule has 0 bridgehead atoms. The van der Waals surface area contributed by atoms with Crippen LogP contribution >= 0.6 is 11.3 Å². The number of hydrogen-bond acceptors (Lipinski definition) is 5. The number of oxazole rings is 1. The van der Waals surface area contributed by atoms with Gasteiger partial charge < -0.3 is 19.4 Å². The minimum Gasteiger partial charge on any atom is -0.443 e. The lowest BCUT2D eigenvalue weighted by atomic mass is 10.1. The summed E-state index contributed by atoms with van der Waals surface area (Å²) in [6.07, 6.45) is 1.58. The molecule has 7 heteroatoms. The summed E-state index contributed by atoms with van der Waals surface area (Å²) in [5.74, 6) is 0.590. The Morgan fingerprint density at radius 2 is 2.41 bits per heavy atom. The predicted octanol–water partition coefficient (Wildman–Crippen LogP) is 2.72. The highest BCUT2D eigenvalue weighted by atomic mass is 32.1. The fraction of sp³-hybridized carbons (Fsp3) is 0.467. The molecule has 6 nitrogen and oxygen atoms in total. The number of hydrogen-bond donors (Lipinski definition) is 1. The van der Waals surface area contributed by atoms with E-state index < -0.39 is 0 Å². The Morgan fingerprint density at radius 3 is 3.14 bits per heavy atom. The van der Waals surface area contributed by atoms with Gasteiger partial charge in [-0.1, -0.05) is 6.07 Å². The predicted molar refractivity (Wildman–Crippen MR) is 83.7 cm³/mol. The molecule has 3 rings (SSSR count). The van der Waals surface area contributed by atoms with E-state index >= 15 is 0 Å². The van der Waals surface area contributed by atoms with Crippen LogP contribution in [0.5, 0.6) is 0 Å². The van der Waals surface area contributed by atoms with Crippen molar-refractivity contribution < 1.29 is 13.9 Å². The highest BCUT2D eigenvalue weighted by Gasteiger charge is 2.29. The maximum absolute atomic E-state index is 12.2. The molecule has 1 saturated heterocycles. The van der Waals surface area contributed by atoms with Gasteiger partial charge in [-0.3, -0.25) is 0 Å². The highest BCUT2D eigenvalue weighted by molar-refractivity contribution is 7.13. The first kappa shape index (κ1) is 15.1. The number of nitrogens with zero attached hydrogens (tertiary/aromatic N) is 2. The first-order chi connectivity index (χ1) is 10.5. The minimum atomic E-state index is -0.296. The van der Waals surface area contributed by atoms with Crippen molar-refractivity contribution in [2.24, 2.45) is 0 Å². The molecular weight excluding hydrogens is 302 g/mol. The van der Waals surface area contributed by atoms with E-state index in [1.807, 2.05) is 31.4 Å². The fourth-order valence-electron chi connectivity index (χ4n) is 2.37. The summed E-state index contributed by atoms with van der Waals surface area (Å²) in [4.78, 5) is 19.3. The molecule has 2 amide bonds. The number of rotatable bonds is 3. The topological polar surface area (TPSA) is 67.6 Å². The van der Waals surface area contributed by atoms with Crippen LogP contribution in [-0.4, -0.2) is 41.2 Å². The molecule has 1 aliphatic rings. The van der Waals surface area contributed by atoms with E-state index in [-0.39, 0.29) is 11.6 Å². The third-order valence-corrected chi connectivity index (χ3v) is 4.28. The van der Waals surface area contributed by atoms with Gasteiger partial charge in [-0.15, -0.1) is 11.3 Å². The number of amides is 2. The van der Waals surface area contributed by atoms with Gasteiger partial charge in [0.15, 0.2) is 0 Å². The zero-order chi connectivity index (χ0) is 15.6. The Kier molecular flexibility index (Phi) is 4.17. The molecule has 1 aliphatic heterocycles. The number of morpholine rings is 1. The lowest BCUT2D eigenvalue weighted by Gasteiger charge is -2.37. The summed E-state index contributed by atoms with van der Waals surface area (Å²) in [6.45, 7) is 6.07. The zero-order valence-corrected chi connectivity index (χ0v) is 13.5. The van der Waals surface area contributed by atoms with E-state index in [0.29, 0.717) is 37.8 Å². The molecular formula is C15H19N3O3S. The second-order valence-corrected chi connectivity index (χ2v) is 6.76. The molecule has 0 radical (unpaired) electrons. The Morgan fingerprint density at radius 1 is 1.55 bits per heavy atom. The molecule has 0 unspecified atom stereocenters. The van der Waals surface area contributed by atoms with Crippen LogP contribution in [-0.2, 0) is 11.3 Å². The zero-order valence-electron chi connectivity index (χ0n) is 12.7. The quantitative estimate of drug-likeness (QED) is 0.944. The Labute approximate surface area is 133 Å². The molecule has 0 spiro atoms. The van der Waals surface area contributed by atoms with Gasteiger partial charge in [-0.2, -0.15) is 0 Å². The van der Waals surface area contributed by atoms with Crippen molar-refractivity contribution >= 4 is 17.4 Å². The summed E-state index contributed by atoms with van der Waals surface area (Å²) >= 11 is 1.57. The number of carbonyl (C=O) groups excluding carboxylic acids is 1. The Bertz CT molecular complexity index is 636. The first-order valence-corrected chi connectivity index (χ1v) is 8.06. The van der Waals surface area contributed by atoms with Crippen LogP contribution in [0.4, 0.5) is 4.79 Å². The monoisotopic (exact) mass is 321 g/mol. The number of urea groups is 1. The van der Waals surface area contributed by atoms with Gasteiger partial charge in [0.2, 0.25) is 5.89 Å². The number of thiophene rings is 1. The molecule has 118 valence electrons. The van der Waals surface area contributed by atoms with Crippen molar-refractivity contribution in [3.05, 3.63) is 29.5 Å². The van der Waals surface area contributed by atoms with Gasteiger partial charge in [0.1, 0.15) is 6.26 Å². The van der Waals surface area contributed by atoms with Crippen molar-refractivity contribution in [2.45, 2.75) is 26.0 Å². The molecule has 1 fully saturated rings. The Hall–Kier alpha value is -1.86. The standard InChI is InChI=1S/C15H19N3O3S/c1-15(2)10-18(5-6-21-15)14(19)16-8-11-9-20-13(17-11)12-4-3-7-22-12/h3-4,7,9H,5-6,8,10H2,1-2H3,(H,16,19). The molecule has 0 atom stereocenters. The highest BCUT2D eigenvalue weighted by Crippen LogP contribution is 2.23. The SMILES string of the molecule is CC1(C)CN(C(=O)NCc2coc(-c3cccs3)n2)CCO1. The van der Waals surface area contributed by atoms with E-state index in [1.54, 1.807) is 22.5 Å². The van der Waals surface area contributed by atoms with Gasteiger partial charge in [-0.25, -0.2) is 9.78 Å². The lowest BCUT2D eigenvalue weighted by molar-refractivity contribution is -0.0733. The average Bonchev–Trinajstić information content (AvgIpc) is 3.14. The summed E-state index contributed by atoms with van der Waals surface area (Å²) < 4.78 is 11.0. The van der Waals surface area contributed by atoms with Crippen molar-refractivity contribution in [3.8, 4) is 10.8 Å². The number of ether oxygens (including phenoxy) is 1. The molecule has 1 N–H and O–H groups in total. The lowest BCUT2D eigenvalue weighted by Crippen LogP contribution is -2.53. The summed E-state index contributed by atoms with van der Waals surface area (Å²) in [6, 6.07) is 3.80. The summed E-state index contributed by atoms with van der Waals surface area (Å²) in [5, 5.41) is 4.85. The molecule has 0 aliphatic carbocycles. The molecule has 0 aromatic carbocycles. The molecule has 2 aromatic heterocycles. The average molecular weight is 321 g/mol. The van der Waals surface area contributed by atoms with E-state index in [9.17, 15) is 4.79 Å². The maximum atomic E-state index is 12.2. The maximum Gasteiger partial charge on any atom is 0.317 e. The van der Waals surface area contributed by atoms with E-state index in [1.165, 1.54) is 0 Å². The second kappa shape index (κ2) is 6.10. The summed E-state index contributed by atoms with van der Waals surface area (Å²) in [7, 11) is 0. The van der Waals surface area contributed by atoms with Gasteiger partial charge in [0.25, 0.3) is 0 Å². The third kappa shape index (κ3) is 3.48. The van der Waals surface area contributed by atoms with Crippen LogP contribution in [0.15, 0.2) is 28.2 Å². The van der Waals surface area contributed by atoms with E-state index in [4.69, 9.17) is 9.15 Å². The second-order valence-electron chi connectivity index (χ2n) is 5.81. The molecule has 3 heterocycles.